The molecule has 0 amide bonds. The summed E-state index contributed by atoms with van der Waals surface area (Å²) in [7, 11) is -1.82. The molecular formula is C38H53NO4Si. The Morgan fingerprint density at radius 1 is 0.864 bits per heavy atom. The number of hydrogen-bond donors (Lipinski definition) is 0. The van der Waals surface area contributed by atoms with Crippen molar-refractivity contribution in [2.75, 3.05) is 31.2 Å². The molecule has 1 saturated heterocycles. The van der Waals surface area contributed by atoms with Gasteiger partial charge in [0.25, 0.3) is 0 Å². The Hall–Kier alpha value is -2.93. The highest BCUT2D eigenvalue weighted by Crippen LogP contribution is 2.39. The second-order valence-corrected chi connectivity index (χ2v) is 19.4. The number of benzene rings is 3. The number of carbonyl (C=O) groups is 1. The van der Waals surface area contributed by atoms with Crippen LogP contribution in [0.3, 0.4) is 0 Å². The minimum atomic E-state index is -1.82. The van der Waals surface area contributed by atoms with Gasteiger partial charge in [0.15, 0.2) is 8.32 Å². The largest absolute Gasteiger partial charge is 0.417 e. The van der Waals surface area contributed by atoms with E-state index in [0.717, 1.165) is 47.3 Å². The first-order chi connectivity index (χ1) is 20.7. The first kappa shape index (κ1) is 33.9. The molecule has 0 atom stereocenters. The van der Waals surface area contributed by atoms with Crippen LogP contribution in [0.25, 0.3) is 22.3 Å². The van der Waals surface area contributed by atoms with Gasteiger partial charge in [0.1, 0.15) is 0 Å². The van der Waals surface area contributed by atoms with Gasteiger partial charge in [0, 0.05) is 30.9 Å². The van der Waals surface area contributed by atoms with Crippen molar-refractivity contribution >= 4 is 20.0 Å². The highest BCUT2D eigenvalue weighted by molar-refractivity contribution is 6.74. The molecule has 0 bridgehead atoms. The van der Waals surface area contributed by atoms with E-state index in [1.54, 1.807) is 0 Å². The molecule has 3 aromatic rings. The average Bonchev–Trinajstić information content (AvgIpc) is 3.52. The van der Waals surface area contributed by atoms with Crippen molar-refractivity contribution in [2.45, 2.75) is 97.7 Å². The fourth-order valence-corrected chi connectivity index (χ4v) is 6.64. The molecule has 3 aromatic carbocycles. The molecule has 0 aliphatic carbocycles. The van der Waals surface area contributed by atoms with Crippen LogP contribution >= 0.6 is 0 Å². The average molecular weight is 616 g/mol. The zero-order valence-electron chi connectivity index (χ0n) is 28.5. The van der Waals surface area contributed by atoms with E-state index >= 15 is 0 Å². The van der Waals surface area contributed by atoms with Gasteiger partial charge in [-0.3, -0.25) is 4.89 Å². The van der Waals surface area contributed by atoms with Crippen LogP contribution < -0.4 is 4.90 Å². The maximum Gasteiger partial charge on any atom is 0.373 e. The van der Waals surface area contributed by atoms with Gasteiger partial charge in [0.2, 0.25) is 0 Å². The molecule has 0 unspecified atom stereocenters. The SMILES string of the molecule is CCc1c(-c2ccc(N3CCCC3)cc2)ccc(C(=O)OOCCCO[Si](C)(C)C(C)(C)C)c1-c1cccc(C(C)(C)C)c1. The quantitative estimate of drug-likeness (QED) is 0.0930. The van der Waals surface area contributed by atoms with Crippen molar-refractivity contribution in [1.82, 2.24) is 0 Å². The summed E-state index contributed by atoms with van der Waals surface area (Å²) in [6.45, 7) is 23.1. The Balaban J connectivity index is 1.61. The minimum absolute atomic E-state index is 0.0261. The number of rotatable bonds is 11. The van der Waals surface area contributed by atoms with Crippen LogP contribution in [0.1, 0.15) is 89.2 Å². The topological polar surface area (TPSA) is 48.0 Å². The third-order valence-electron chi connectivity index (χ3n) is 9.33. The Labute approximate surface area is 267 Å². The molecule has 6 heteroatoms. The van der Waals surface area contributed by atoms with Crippen molar-refractivity contribution in [3.8, 4) is 22.3 Å². The predicted molar refractivity (Wildman–Crippen MR) is 186 cm³/mol. The lowest BCUT2D eigenvalue weighted by Gasteiger charge is -2.36. The molecule has 0 spiro atoms. The van der Waals surface area contributed by atoms with Crippen LogP contribution in [-0.2, 0) is 26.0 Å². The van der Waals surface area contributed by atoms with Crippen molar-refractivity contribution in [2.24, 2.45) is 0 Å². The maximum absolute atomic E-state index is 13.6. The van der Waals surface area contributed by atoms with Gasteiger partial charge >= 0.3 is 5.97 Å². The van der Waals surface area contributed by atoms with Crippen molar-refractivity contribution in [3.63, 3.8) is 0 Å². The molecule has 0 N–H and O–H groups in total. The second-order valence-electron chi connectivity index (χ2n) is 14.6. The molecule has 1 fully saturated rings. The van der Waals surface area contributed by atoms with E-state index < -0.39 is 14.3 Å². The Kier molecular flexibility index (Phi) is 10.8. The van der Waals surface area contributed by atoms with Crippen LogP contribution in [0.5, 0.6) is 0 Å². The Bertz CT molecular complexity index is 1410. The standard InChI is InChI=1S/C38H53NO4Si/c1-10-32-33(28-17-19-31(20-18-28)39-23-11-12-24-39)21-22-34(35(32)29-15-13-16-30(27-29)37(2,3)4)36(40)43-41-25-14-26-42-44(8,9)38(5,6)7/h13,15-22,27H,10-12,14,23-26H2,1-9H3. The third kappa shape index (κ3) is 8.01. The summed E-state index contributed by atoms with van der Waals surface area (Å²) in [5, 5.41) is 0.153. The zero-order chi connectivity index (χ0) is 32.1. The third-order valence-corrected chi connectivity index (χ3v) is 13.9. The van der Waals surface area contributed by atoms with Crippen molar-refractivity contribution in [1.29, 1.82) is 0 Å². The van der Waals surface area contributed by atoms with E-state index in [1.807, 2.05) is 6.07 Å². The van der Waals surface area contributed by atoms with Gasteiger partial charge in [-0.2, -0.15) is 4.89 Å². The normalized spacial score (nSPS) is 14.2. The van der Waals surface area contributed by atoms with Crippen LogP contribution in [-0.4, -0.2) is 40.6 Å². The number of hydrogen-bond acceptors (Lipinski definition) is 5. The first-order valence-corrected chi connectivity index (χ1v) is 19.2. The fourth-order valence-electron chi connectivity index (χ4n) is 5.56. The van der Waals surface area contributed by atoms with Gasteiger partial charge < -0.3 is 9.33 Å². The highest BCUT2D eigenvalue weighted by atomic mass is 28.4. The minimum Gasteiger partial charge on any atom is -0.417 e. The lowest BCUT2D eigenvalue weighted by atomic mass is 9.82. The molecule has 0 saturated carbocycles. The fraction of sp³-hybridized carbons (Fsp3) is 0.500. The first-order valence-electron chi connectivity index (χ1n) is 16.3. The summed E-state index contributed by atoms with van der Waals surface area (Å²) >= 11 is 0. The highest BCUT2D eigenvalue weighted by Gasteiger charge is 2.36. The molecule has 238 valence electrons. The summed E-state index contributed by atoms with van der Waals surface area (Å²) in [6, 6.07) is 21.4. The summed E-state index contributed by atoms with van der Waals surface area (Å²) in [5.41, 5.74) is 8.32. The van der Waals surface area contributed by atoms with Crippen molar-refractivity contribution < 1.29 is 19.0 Å². The van der Waals surface area contributed by atoms with E-state index in [4.69, 9.17) is 14.2 Å². The summed E-state index contributed by atoms with van der Waals surface area (Å²) in [4.78, 5) is 26.9. The molecular weight excluding hydrogens is 563 g/mol. The molecule has 44 heavy (non-hydrogen) atoms. The smallest absolute Gasteiger partial charge is 0.373 e. The van der Waals surface area contributed by atoms with Gasteiger partial charge in [-0.05, 0) is 95.2 Å². The Morgan fingerprint density at radius 2 is 1.55 bits per heavy atom. The summed E-state index contributed by atoms with van der Waals surface area (Å²) in [6.07, 6.45) is 3.94. The molecule has 1 aliphatic rings. The molecule has 1 aliphatic heterocycles. The van der Waals surface area contributed by atoms with Gasteiger partial charge in [0.05, 0.1) is 12.2 Å². The van der Waals surface area contributed by atoms with Gasteiger partial charge in [-0.25, -0.2) is 4.79 Å². The van der Waals surface area contributed by atoms with Crippen molar-refractivity contribution in [3.05, 3.63) is 77.4 Å². The monoisotopic (exact) mass is 615 g/mol. The van der Waals surface area contributed by atoms with Gasteiger partial charge in [-0.15, -0.1) is 0 Å². The number of nitrogens with zero attached hydrogens (tertiary/aromatic N) is 1. The number of anilines is 1. The van der Waals surface area contributed by atoms with Gasteiger partial charge in [-0.1, -0.05) is 90.9 Å². The van der Waals surface area contributed by atoms with E-state index in [2.05, 4.69) is 121 Å². The number of carbonyl (C=O) groups excluding carboxylic acids is 1. The second kappa shape index (κ2) is 14.0. The van der Waals surface area contributed by atoms with E-state index in [9.17, 15) is 4.79 Å². The predicted octanol–water partition coefficient (Wildman–Crippen LogP) is 9.98. The van der Waals surface area contributed by atoms with Crippen LogP contribution in [0, 0.1) is 0 Å². The van der Waals surface area contributed by atoms with Crippen LogP contribution in [0.15, 0.2) is 60.7 Å². The van der Waals surface area contributed by atoms with E-state index in [-0.39, 0.29) is 17.1 Å². The Morgan fingerprint density at radius 3 is 2.16 bits per heavy atom. The summed E-state index contributed by atoms with van der Waals surface area (Å²) in [5.74, 6) is -0.475. The molecule has 1 heterocycles. The molecule has 0 aromatic heterocycles. The zero-order valence-corrected chi connectivity index (χ0v) is 29.5. The summed E-state index contributed by atoms with van der Waals surface area (Å²) < 4.78 is 6.24. The molecule has 4 rings (SSSR count). The lowest BCUT2D eigenvalue weighted by Crippen LogP contribution is -2.41. The lowest BCUT2D eigenvalue weighted by molar-refractivity contribution is -0.241. The van der Waals surface area contributed by atoms with Crippen LogP contribution in [0.4, 0.5) is 5.69 Å². The molecule has 0 radical (unpaired) electrons. The maximum atomic E-state index is 13.6. The van der Waals surface area contributed by atoms with E-state index in [1.165, 1.54) is 24.1 Å². The molecule has 5 nitrogen and oxygen atoms in total. The van der Waals surface area contributed by atoms with E-state index in [0.29, 0.717) is 18.6 Å². The van der Waals surface area contributed by atoms with Crippen LogP contribution in [0.2, 0.25) is 18.1 Å².